The summed E-state index contributed by atoms with van der Waals surface area (Å²) in [7, 11) is -1.92. The summed E-state index contributed by atoms with van der Waals surface area (Å²) in [4.78, 5) is 12.7. The SMILES string of the molecule is COc1ccc(S(=O)(=O)C[C@@H]2CCCC[C@H]2C(=O)NCC(N)S)cc1. The molecule has 1 fully saturated rings. The molecular weight excluding hydrogens is 360 g/mol. The molecule has 0 bridgehead atoms. The summed E-state index contributed by atoms with van der Waals surface area (Å²) in [6.45, 7) is 0.274. The van der Waals surface area contributed by atoms with Gasteiger partial charge in [0.05, 0.1) is 23.1 Å². The van der Waals surface area contributed by atoms with Crippen LogP contribution < -0.4 is 15.8 Å². The number of sulfone groups is 1. The maximum atomic E-state index is 12.7. The van der Waals surface area contributed by atoms with Crippen molar-refractivity contribution < 1.29 is 17.9 Å². The van der Waals surface area contributed by atoms with Gasteiger partial charge < -0.3 is 15.8 Å². The molecule has 3 N–H and O–H groups in total. The van der Waals surface area contributed by atoms with Crippen molar-refractivity contribution in [3.05, 3.63) is 24.3 Å². The summed E-state index contributed by atoms with van der Waals surface area (Å²) in [5.41, 5.74) is 5.55. The Bertz CT molecular complexity index is 674. The number of carbonyl (C=O) groups is 1. The zero-order valence-corrected chi connectivity index (χ0v) is 16.1. The Kier molecular flexibility index (Phi) is 7.15. The molecule has 2 rings (SSSR count). The van der Waals surface area contributed by atoms with Crippen LogP contribution in [0.2, 0.25) is 0 Å². The van der Waals surface area contributed by atoms with Crippen molar-refractivity contribution in [3.8, 4) is 5.75 Å². The first-order valence-corrected chi connectivity index (χ1v) is 10.6. The molecule has 6 nitrogen and oxygen atoms in total. The van der Waals surface area contributed by atoms with Gasteiger partial charge in [-0.2, -0.15) is 12.6 Å². The van der Waals surface area contributed by atoms with E-state index in [0.29, 0.717) is 12.2 Å². The van der Waals surface area contributed by atoms with Gasteiger partial charge in [-0.15, -0.1) is 0 Å². The highest BCUT2D eigenvalue weighted by atomic mass is 32.2. The largest absolute Gasteiger partial charge is 0.497 e. The van der Waals surface area contributed by atoms with Crippen LogP contribution in [0.3, 0.4) is 0 Å². The van der Waals surface area contributed by atoms with Gasteiger partial charge in [0.25, 0.3) is 0 Å². The van der Waals surface area contributed by atoms with Gasteiger partial charge in [-0.05, 0) is 43.0 Å². The third kappa shape index (κ3) is 5.62. The minimum atomic E-state index is -3.46. The quantitative estimate of drug-likeness (QED) is 0.488. The highest BCUT2D eigenvalue weighted by Crippen LogP contribution is 2.33. The van der Waals surface area contributed by atoms with Crippen molar-refractivity contribution in [1.82, 2.24) is 5.32 Å². The lowest BCUT2D eigenvalue weighted by Crippen LogP contribution is -2.42. The molecule has 1 unspecified atom stereocenters. The van der Waals surface area contributed by atoms with E-state index in [1.54, 1.807) is 24.3 Å². The van der Waals surface area contributed by atoms with E-state index in [-0.39, 0.29) is 34.9 Å². The number of amides is 1. The molecule has 0 aliphatic heterocycles. The molecule has 8 heteroatoms. The lowest BCUT2D eigenvalue weighted by Gasteiger charge is -2.30. The van der Waals surface area contributed by atoms with Gasteiger partial charge >= 0.3 is 0 Å². The Hall–Kier alpha value is -1.25. The normalized spacial score (nSPS) is 22.2. The maximum Gasteiger partial charge on any atom is 0.223 e. The first-order chi connectivity index (χ1) is 11.8. The first kappa shape index (κ1) is 20.1. The number of nitrogens with two attached hydrogens (primary N) is 1. The number of hydrogen-bond acceptors (Lipinski definition) is 6. The Morgan fingerprint density at radius 1 is 1.32 bits per heavy atom. The molecule has 1 aliphatic carbocycles. The van der Waals surface area contributed by atoms with Gasteiger partial charge in [-0.3, -0.25) is 4.79 Å². The zero-order chi connectivity index (χ0) is 18.4. The Labute approximate surface area is 154 Å². The zero-order valence-electron chi connectivity index (χ0n) is 14.3. The molecule has 3 atom stereocenters. The predicted molar refractivity (Wildman–Crippen MR) is 100 cm³/mol. The molecule has 140 valence electrons. The molecule has 1 aromatic rings. The van der Waals surface area contributed by atoms with Crippen molar-refractivity contribution in [2.45, 2.75) is 36.0 Å². The summed E-state index contributed by atoms with van der Waals surface area (Å²) >= 11 is 4.05. The number of benzene rings is 1. The first-order valence-electron chi connectivity index (χ1n) is 8.41. The number of hydrogen-bond donors (Lipinski definition) is 3. The predicted octanol–water partition coefficient (Wildman–Crippen LogP) is 1.61. The summed E-state index contributed by atoms with van der Waals surface area (Å²) in [6, 6.07) is 6.36. The molecule has 25 heavy (non-hydrogen) atoms. The standard InChI is InChI=1S/C17H26N2O4S2/c1-23-13-6-8-14(9-7-13)25(21,22)11-12-4-2-3-5-15(12)17(20)19-10-16(18)24/h6-9,12,15-16,24H,2-5,10-11,18H2,1H3,(H,19,20)/t12-,15+,16?/m0/s1. The number of carbonyl (C=O) groups excluding carboxylic acids is 1. The number of ether oxygens (including phenoxy) is 1. The lowest BCUT2D eigenvalue weighted by molar-refractivity contribution is -0.127. The highest BCUT2D eigenvalue weighted by molar-refractivity contribution is 7.91. The lowest BCUT2D eigenvalue weighted by atomic mass is 9.80. The van der Waals surface area contributed by atoms with E-state index < -0.39 is 15.2 Å². The fourth-order valence-corrected chi connectivity index (χ4v) is 5.05. The van der Waals surface area contributed by atoms with Crippen molar-refractivity contribution in [2.75, 3.05) is 19.4 Å². The van der Waals surface area contributed by atoms with Crippen LogP contribution >= 0.6 is 12.6 Å². The van der Waals surface area contributed by atoms with E-state index in [1.807, 2.05) is 0 Å². The molecule has 1 aliphatic rings. The molecule has 1 aromatic carbocycles. The van der Waals surface area contributed by atoms with Crippen LogP contribution in [-0.2, 0) is 14.6 Å². The van der Waals surface area contributed by atoms with Gasteiger partial charge in [0.2, 0.25) is 5.91 Å². The van der Waals surface area contributed by atoms with E-state index >= 15 is 0 Å². The summed E-state index contributed by atoms with van der Waals surface area (Å²) in [5, 5.41) is 2.35. The van der Waals surface area contributed by atoms with Gasteiger partial charge in [0.15, 0.2) is 9.84 Å². The van der Waals surface area contributed by atoms with Gasteiger partial charge in [0.1, 0.15) is 5.75 Å². The minimum absolute atomic E-state index is 0.0235. The van der Waals surface area contributed by atoms with Crippen LogP contribution in [0, 0.1) is 11.8 Å². The van der Waals surface area contributed by atoms with Crippen LogP contribution in [0.1, 0.15) is 25.7 Å². The molecule has 1 saturated carbocycles. The number of thiol groups is 1. The molecule has 0 heterocycles. The average Bonchev–Trinajstić information content (AvgIpc) is 2.60. The molecule has 0 spiro atoms. The summed E-state index contributed by atoms with van der Waals surface area (Å²) in [5.74, 6) is -0.0217. The van der Waals surface area contributed by atoms with Crippen LogP contribution in [0.15, 0.2) is 29.2 Å². The number of methoxy groups -OCH3 is 1. The summed E-state index contributed by atoms with van der Waals surface area (Å²) < 4.78 is 30.5. The minimum Gasteiger partial charge on any atom is -0.497 e. The summed E-state index contributed by atoms with van der Waals surface area (Å²) in [6.07, 6.45) is 3.32. The molecule has 0 radical (unpaired) electrons. The van der Waals surface area contributed by atoms with E-state index in [0.717, 1.165) is 19.3 Å². The smallest absolute Gasteiger partial charge is 0.223 e. The molecular formula is C17H26N2O4S2. The van der Waals surface area contributed by atoms with Crippen LogP contribution in [0.5, 0.6) is 5.75 Å². The average molecular weight is 387 g/mol. The van der Waals surface area contributed by atoms with Crippen LogP contribution in [0.25, 0.3) is 0 Å². The second-order valence-electron chi connectivity index (χ2n) is 6.42. The Balaban J connectivity index is 2.09. The monoisotopic (exact) mass is 386 g/mol. The Morgan fingerprint density at radius 3 is 2.56 bits per heavy atom. The molecule has 1 amide bonds. The van der Waals surface area contributed by atoms with Crippen LogP contribution in [-0.4, -0.2) is 39.1 Å². The maximum absolute atomic E-state index is 12.7. The fraction of sp³-hybridized carbons (Fsp3) is 0.588. The topological polar surface area (TPSA) is 98.5 Å². The van der Waals surface area contributed by atoms with E-state index in [2.05, 4.69) is 17.9 Å². The van der Waals surface area contributed by atoms with Crippen molar-refractivity contribution in [1.29, 1.82) is 0 Å². The Morgan fingerprint density at radius 2 is 1.96 bits per heavy atom. The highest BCUT2D eigenvalue weighted by Gasteiger charge is 2.34. The fourth-order valence-electron chi connectivity index (χ4n) is 3.25. The van der Waals surface area contributed by atoms with Crippen molar-refractivity contribution >= 4 is 28.4 Å². The second-order valence-corrected chi connectivity index (χ2v) is 9.12. The third-order valence-electron chi connectivity index (χ3n) is 4.58. The van der Waals surface area contributed by atoms with E-state index in [4.69, 9.17) is 10.5 Å². The van der Waals surface area contributed by atoms with Crippen molar-refractivity contribution in [2.24, 2.45) is 17.6 Å². The number of rotatable bonds is 7. The van der Waals surface area contributed by atoms with Crippen LogP contribution in [0.4, 0.5) is 0 Å². The van der Waals surface area contributed by atoms with Crippen molar-refractivity contribution in [3.63, 3.8) is 0 Å². The van der Waals surface area contributed by atoms with E-state index in [1.165, 1.54) is 7.11 Å². The second kappa shape index (κ2) is 8.91. The van der Waals surface area contributed by atoms with Gasteiger partial charge in [0, 0.05) is 12.5 Å². The molecule has 0 aromatic heterocycles. The van der Waals surface area contributed by atoms with E-state index in [9.17, 15) is 13.2 Å². The third-order valence-corrected chi connectivity index (χ3v) is 6.62. The number of nitrogens with one attached hydrogen (secondary N) is 1. The van der Waals surface area contributed by atoms with Gasteiger partial charge in [-0.1, -0.05) is 12.8 Å². The van der Waals surface area contributed by atoms with Gasteiger partial charge in [-0.25, -0.2) is 8.42 Å². The molecule has 0 saturated heterocycles.